The quantitative estimate of drug-likeness (QED) is 0.460. The van der Waals surface area contributed by atoms with Gasteiger partial charge >= 0.3 is 0 Å². The van der Waals surface area contributed by atoms with Crippen molar-refractivity contribution in [3.05, 3.63) is 52.8 Å². The van der Waals surface area contributed by atoms with Crippen LogP contribution in [0.15, 0.2) is 41.5 Å². The summed E-state index contributed by atoms with van der Waals surface area (Å²) in [6, 6.07) is 9.90. The number of benzene rings is 2. The summed E-state index contributed by atoms with van der Waals surface area (Å²) < 4.78 is 15.0. The van der Waals surface area contributed by atoms with Crippen molar-refractivity contribution in [1.82, 2.24) is 9.88 Å². The molecule has 0 radical (unpaired) electrons. The molecule has 0 saturated carbocycles. The van der Waals surface area contributed by atoms with Crippen LogP contribution in [-0.4, -0.2) is 47.7 Å². The Morgan fingerprint density at radius 3 is 2.60 bits per heavy atom. The van der Waals surface area contributed by atoms with Crippen molar-refractivity contribution in [2.45, 2.75) is 13.8 Å². The lowest BCUT2D eigenvalue weighted by atomic mass is 10.1. The van der Waals surface area contributed by atoms with E-state index in [-0.39, 0.29) is 11.5 Å². The topological polar surface area (TPSA) is 60.8 Å². The number of nitrogens with one attached hydrogen (secondary N) is 1. The van der Waals surface area contributed by atoms with Crippen molar-refractivity contribution in [2.24, 2.45) is 5.10 Å². The molecule has 2 aromatic carbocycles. The van der Waals surface area contributed by atoms with Gasteiger partial charge in [-0.2, -0.15) is 5.10 Å². The molecule has 1 N–H and O–H groups in total. The maximum atomic E-state index is 14.0. The van der Waals surface area contributed by atoms with Crippen LogP contribution in [0, 0.1) is 5.82 Å². The fourth-order valence-electron chi connectivity index (χ4n) is 3.40. The number of rotatable bonds is 4. The lowest BCUT2D eigenvalue weighted by Crippen LogP contribution is -2.49. The molecule has 0 spiro atoms. The second-order valence-corrected chi connectivity index (χ2v) is 8.63. The van der Waals surface area contributed by atoms with E-state index < -0.39 is 5.82 Å². The van der Waals surface area contributed by atoms with E-state index in [0.717, 1.165) is 21.6 Å². The molecule has 3 aromatic rings. The van der Waals surface area contributed by atoms with Gasteiger partial charge in [0.1, 0.15) is 11.3 Å². The minimum atomic E-state index is -0.495. The number of halogens is 2. The second kappa shape index (κ2) is 8.57. The van der Waals surface area contributed by atoms with E-state index in [4.69, 9.17) is 11.6 Å². The van der Waals surface area contributed by atoms with Crippen LogP contribution in [0.4, 0.5) is 15.2 Å². The number of aromatic nitrogens is 1. The molecule has 156 valence electrons. The number of fused-ring (bicyclic) bond motifs is 1. The molecular formula is C21H21ClFN5OS. The fraction of sp³-hybridized carbons (Fsp3) is 0.286. The maximum absolute atomic E-state index is 14.0. The van der Waals surface area contributed by atoms with Crippen LogP contribution in [0.1, 0.15) is 24.2 Å². The molecule has 1 aromatic heterocycles. The van der Waals surface area contributed by atoms with Crippen molar-refractivity contribution in [1.29, 1.82) is 0 Å². The van der Waals surface area contributed by atoms with Crippen molar-refractivity contribution in [3.63, 3.8) is 0 Å². The molecule has 1 aliphatic heterocycles. The molecule has 1 amide bonds. The summed E-state index contributed by atoms with van der Waals surface area (Å²) in [5.41, 5.74) is 5.65. The minimum absolute atomic E-state index is 0.105. The van der Waals surface area contributed by atoms with Gasteiger partial charge in [-0.15, -0.1) is 0 Å². The second-order valence-electron chi connectivity index (χ2n) is 7.19. The number of nitrogens with zero attached hydrogens (tertiary/aromatic N) is 4. The zero-order valence-electron chi connectivity index (χ0n) is 16.7. The highest BCUT2D eigenvalue weighted by molar-refractivity contribution is 7.22. The molecule has 30 heavy (non-hydrogen) atoms. The Morgan fingerprint density at radius 1 is 1.17 bits per heavy atom. The van der Waals surface area contributed by atoms with Gasteiger partial charge in [-0.3, -0.25) is 10.2 Å². The minimum Gasteiger partial charge on any atom is -0.365 e. The molecular weight excluding hydrogens is 425 g/mol. The Balaban J connectivity index is 1.54. The predicted molar refractivity (Wildman–Crippen MR) is 122 cm³/mol. The first-order valence-electron chi connectivity index (χ1n) is 9.58. The molecule has 0 unspecified atom stereocenters. The van der Waals surface area contributed by atoms with Crippen LogP contribution < -0.4 is 10.3 Å². The third-order valence-corrected chi connectivity index (χ3v) is 6.08. The van der Waals surface area contributed by atoms with E-state index in [1.54, 1.807) is 17.0 Å². The molecule has 0 atom stereocenters. The first-order valence-corrected chi connectivity index (χ1v) is 10.8. The van der Waals surface area contributed by atoms with Gasteiger partial charge in [-0.05, 0) is 38.1 Å². The molecule has 1 saturated heterocycles. The molecule has 1 aliphatic rings. The highest BCUT2D eigenvalue weighted by atomic mass is 35.5. The molecule has 0 aliphatic carbocycles. The Labute approximate surface area is 183 Å². The van der Waals surface area contributed by atoms with Gasteiger partial charge in [0.05, 0.1) is 21.0 Å². The Bertz CT molecular complexity index is 1120. The van der Waals surface area contributed by atoms with Crippen LogP contribution in [-0.2, 0) is 0 Å². The van der Waals surface area contributed by atoms with Crippen molar-refractivity contribution in [2.75, 3.05) is 36.5 Å². The third-order valence-electron chi connectivity index (χ3n) is 4.85. The molecule has 2 heterocycles. The van der Waals surface area contributed by atoms with Crippen molar-refractivity contribution in [3.8, 4) is 0 Å². The number of carbonyl (C=O) groups excluding carboxylic acids is 1. The van der Waals surface area contributed by atoms with Crippen molar-refractivity contribution >= 4 is 55.6 Å². The Morgan fingerprint density at radius 2 is 1.90 bits per heavy atom. The van der Waals surface area contributed by atoms with Crippen molar-refractivity contribution < 1.29 is 9.18 Å². The average molecular weight is 446 g/mol. The lowest BCUT2D eigenvalue weighted by molar-refractivity contribution is 0.0742. The number of piperazine rings is 1. The first kappa shape index (κ1) is 20.6. The predicted octanol–water partition coefficient (Wildman–Crippen LogP) is 4.86. The van der Waals surface area contributed by atoms with Crippen LogP contribution in [0.3, 0.4) is 0 Å². The van der Waals surface area contributed by atoms with Gasteiger partial charge in [0.25, 0.3) is 5.91 Å². The summed E-state index contributed by atoms with van der Waals surface area (Å²) in [4.78, 5) is 21.2. The highest BCUT2D eigenvalue weighted by Gasteiger charge is 2.26. The number of amides is 1. The number of carbonyl (C=O) groups is 1. The van der Waals surface area contributed by atoms with Crippen LogP contribution in [0.25, 0.3) is 10.2 Å². The van der Waals surface area contributed by atoms with Gasteiger partial charge in [0.15, 0.2) is 0 Å². The largest absolute Gasteiger partial charge is 0.365 e. The SMILES string of the molecule is CC(C)=NNc1nc2c(N3CCN(C(=O)c4ccccc4F)CC3)c(Cl)ccc2s1. The summed E-state index contributed by atoms with van der Waals surface area (Å²) in [7, 11) is 0. The van der Waals surface area contributed by atoms with E-state index in [2.05, 4.69) is 20.4 Å². The van der Waals surface area contributed by atoms with Gasteiger partial charge in [-0.1, -0.05) is 35.1 Å². The Hall–Kier alpha value is -2.71. The number of hydrogen-bond donors (Lipinski definition) is 1. The van der Waals surface area contributed by atoms with Gasteiger partial charge in [0, 0.05) is 31.9 Å². The summed E-state index contributed by atoms with van der Waals surface area (Å²) >= 11 is 8.04. The number of hydrogen-bond acceptors (Lipinski definition) is 6. The van der Waals surface area contributed by atoms with Crippen LogP contribution in [0.2, 0.25) is 5.02 Å². The maximum Gasteiger partial charge on any atom is 0.256 e. The van der Waals surface area contributed by atoms with Crippen LogP contribution >= 0.6 is 22.9 Å². The molecule has 4 rings (SSSR count). The highest BCUT2D eigenvalue weighted by Crippen LogP contribution is 2.38. The van der Waals surface area contributed by atoms with Gasteiger partial charge < -0.3 is 9.80 Å². The molecule has 9 heteroatoms. The van der Waals surface area contributed by atoms with Gasteiger partial charge in [0.2, 0.25) is 5.13 Å². The number of anilines is 2. The van der Waals surface area contributed by atoms with E-state index >= 15 is 0 Å². The first-order chi connectivity index (χ1) is 14.4. The third kappa shape index (κ3) is 4.11. The molecule has 6 nitrogen and oxygen atoms in total. The van der Waals surface area contributed by atoms with E-state index in [1.165, 1.54) is 23.5 Å². The van der Waals surface area contributed by atoms with Crippen LogP contribution in [0.5, 0.6) is 0 Å². The smallest absolute Gasteiger partial charge is 0.256 e. The fourth-order valence-corrected chi connectivity index (χ4v) is 4.49. The average Bonchev–Trinajstić information content (AvgIpc) is 3.15. The normalized spacial score (nSPS) is 14.1. The van der Waals surface area contributed by atoms with E-state index in [0.29, 0.717) is 36.3 Å². The Kier molecular flexibility index (Phi) is 5.87. The zero-order chi connectivity index (χ0) is 21.3. The standard InChI is InChI=1S/C21H21ClFN5OS/c1-13(2)25-26-21-24-18-17(30-21)8-7-15(22)19(18)27-9-11-28(12-10-27)20(29)14-5-3-4-6-16(14)23/h3-8H,9-12H2,1-2H3,(H,24,26). The van der Waals surface area contributed by atoms with E-state index in [9.17, 15) is 9.18 Å². The van der Waals surface area contributed by atoms with Gasteiger partial charge in [-0.25, -0.2) is 9.37 Å². The molecule has 1 fully saturated rings. The summed E-state index contributed by atoms with van der Waals surface area (Å²) in [6.45, 7) is 5.95. The lowest BCUT2D eigenvalue weighted by Gasteiger charge is -2.36. The summed E-state index contributed by atoms with van der Waals surface area (Å²) in [5.74, 6) is -0.782. The summed E-state index contributed by atoms with van der Waals surface area (Å²) in [6.07, 6.45) is 0. The monoisotopic (exact) mass is 445 g/mol. The summed E-state index contributed by atoms with van der Waals surface area (Å²) in [5, 5.41) is 5.52. The molecule has 0 bridgehead atoms. The zero-order valence-corrected chi connectivity index (χ0v) is 18.2. The number of thiazole rings is 1. The van der Waals surface area contributed by atoms with E-state index in [1.807, 2.05) is 26.0 Å². The number of hydrazone groups is 1.